The number of hydrogen-bond acceptors (Lipinski definition) is 5. The molecule has 0 radical (unpaired) electrons. The van der Waals surface area contributed by atoms with Crippen LogP contribution in [0.3, 0.4) is 0 Å². The smallest absolute Gasteiger partial charge is 0.230 e. The first-order valence-corrected chi connectivity index (χ1v) is 8.73. The number of rotatable bonds is 5. The maximum absolute atomic E-state index is 11.8. The lowest BCUT2D eigenvalue weighted by Gasteiger charge is -2.14. The van der Waals surface area contributed by atoms with E-state index in [2.05, 4.69) is 31.1 Å². The summed E-state index contributed by atoms with van der Waals surface area (Å²) in [4.78, 5) is 17.4. The predicted molar refractivity (Wildman–Crippen MR) is 83.5 cm³/mol. The number of hydrogen-bond donors (Lipinski definition) is 1. The number of carbonyl (C=O) groups is 1. The fourth-order valence-electron chi connectivity index (χ4n) is 1.88. The summed E-state index contributed by atoms with van der Waals surface area (Å²) in [6.07, 6.45) is 4.27. The first kappa shape index (κ1) is 15.8. The molecule has 1 aliphatic rings. The lowest BCUT2D eigenvalue weighted by molar-refractivity contribution is -0.119. The van der Waals surface area contributed by atoms with Crippen molar-refractivity contribution in [1.82, 2.24) is 10.3 Å². The zero-order chi connectivity index (χ0) is 14.6. The molecule has 2 heterocycles. The molecule has 1 unspecified atom stereocenters. The van der Waals surface area contributed by atoms with E-state index in [1.54, 1.807) is 11.3 Å². The molecule has 0 spiro atoms. The van der Waals surface area contributed by atoms with Crippen molar-refractivity contribution in [3.63, 3.8) is 0 Å². The van der Waals surface area contributed by atoms with Gasteiger partial charge in [0.25, 0.3) is 0 Å². The monoisotopic (exact) mass is 314 g/mol. The van der Waals surface area contributed by atoms with Crippen LogP contribution in [0.15, 0.2) is 10.5 Å². The van der Waals surface area contributed by atoms with Gasteiger partial charge in [-0.15, -0.1) is 11.3 Å². The molecule has 1 aromatic rings. The van der Waals surface area contributed by atoms with Gasteiger partial charge >= 0.3 is 0 Å². The van der Waals surface area contributed by atoms with E-state index >= 15 is 0 Å². The Bertz CT molecular complexity index is 448. The Hall–Kier alpha value is -0.590. The molecule has 1 amide bonds. The molecule has 1 aromatic heterocycles. The molecule has 2 rings (SSSR count). The quantitative estimate of drug-likeness (QED) is 0.849. The second-order valence-corrected chi connectivity index (χ2v) is 8.22. The second kappa shape index (κ2) is 6.91. The first-order chi connectivity index (χ1) is 9.45. The van der Waals surface area contributed by atoms with E-state index in [4.69, 9.17) is 4.74 Å². The van der Waals surface area contributed by atoms with Gasteiger partial charge in [-0.25, -0.2) is 4.98 Å². The number of ether oxygens (including phenoxy) is 1. The number of aromatic nitrogens is 1. The third kappa shape index (κ3) is 4.75. The van der Waals surface area contributed by atoms with E-state index in [1.807, 2.05) is 6.20 Å². The summed E-state index contributed by atoms with van der Waals surface area (Å²) in [5.74, 6) is 0.474. The Kier molecular flexibility index (Phi) is 5.46. The van der Waals surface area contributed by atoms with Crippen LogP contribution >= 0.6 is 23.1 Å². The third-order valence-corrected chi connectivity index (χ3v) is 5.68. The molecular formula is C14H22N2O2S2. The van der Waals surface area contributed by atoms with Gasteiger partial charge in [-0.2, -0.15) is 0 Å². The minimum atomic E-state index is 0.0537. The van der Waals surface area contributed by atoms with Crippen molar-refractivity contribution in [2.75, 3.05) is 18.9 Å². The zero-order valence-corrected chi connectivity index (χ0v) is 13.9. The van der Waals surface area contributed by atoms with Crippen LogP contribution in [-0.4, -0.2) is 35.9 Å². The minimum Gasteiger partial charge on any atom is -0.376 e. The Morgan fingerprint density at radius 1 is 1.60 bits per heavy atom. The number of carbonyl (C=O) groups excluding carboxylic acids is 1. The standard InChI is InChI=1S/C14H22N2O2S2/c1-14(2,3)11-8-16-13(20-11)19-9-12(17)15-7-10-5-4-6-18-10/h8,10H,4-7,9H2,1-3H3,(H,15,17). The molecule has 0 aromatic carbocycles. The molecule has 0 saturated carbocycles. The Morgan fingerprint density at radius 2 is 2.40 bits per heavy atom. The highest BCUT2D eigenvalue weighted by atomic mass is 32.2. The summed E-state index contributed by atoms with van der Waals surface area (Å²) in [6, 6.07) is 0. The van der Waals surface area contributed by atoms with E-state index in [0.717, 1.165) is 23.8 Å². The molecule has 4 nitrogen and oxygen atoms in total. The van der Waals surface area contributed by atoms with E-state index in [9.17, 15) is 4.79 Å². The molecule has 1 fully saturated rings. The van der Waals surface area contributed by atoms with Gasteiger partial charge in [-0.1, -0.05) is 32.5 Å². The summed E-state index contributed by atoms with van der Waals surface area (Å²) >= 11 is 3.17. The van der Waals surface area contributed by atoms with Crippen LogP contribution in [0.4, 0.5) is 0 Å². The Labute approximate surface area is 128 Å². The molecule has 1 saturated heterocycles. The van der Waals surface area contributed by atoms with Gasteiger partial charge in [0.1, 0.15) is 0 Å². The topological polar surface area (TPSA) is 51.2 Å². The van der Waals surface area contributed by atoms with Gasteiger partial charge in [-0.3, -0.25) is 4.79 Å². The molecule has 6 heteroatoms. The molecule has 20 heavy (non-hydrogen) atoms. The van der Waals surface area contributed by atoms with Crippen LogP contribution in [0.5, 0.6) is 0 Å². The average Bonchev–Trinajstić information content (AvgIpc) is 3.04. The summed E-state index contributed by atoms with van der Waals surface area (Å²) in [5.41, 5.74) is 0.124. The van der Waals surface area contributed by atoms with Crippen molar-refractivity contribution in [2.24, 2.45) is 0 Å². The summed E-state index contributed by atoms with van der Waals surface area (Å²) < 4.78 is 6.44. The number of amides is 1. The molecule has 0 bridgehead atoms. The number of thiazole rings is 1. The van der Waals surface area contributed by atoms with Crippen LogP contribution in [0.1, 0.15) is 38.5 Å². The highest BCUT2D eigenvalue weighted by molar-refractivity contribution is 8.01. The Balaban J connectivity index is 1.71. The van der Waals surface area contributed by atoms with Crippen LogP contribution in [0.25, 0.3) is 0 Å². The Morgan fingerprint density at radius 3 is 3.00 bits per heavy atom. The third-order valence-electron chi connectivity index (χ3n) is 3.10. The van der Waals surface area contributed by atoms with E-state index in [1.165, 1.54) is 16.6 Å². The summed E-state index contributed by atoms with van der Waals surface area (Å²) in [7, 11) is 0. The lowest BCUT2D eigenvalue weighted by atomic mass is 9.96. The molecule has 1 aliphatic heterocycles. The van der Waals surface area contributed by atoms with Gasteiger partial charge in [0.05, 0.1) is 11.9 Å². The van der Waals surface area contributed by atoms with Gasteiger partial charge < -0.3 is 10.1 Å². The fourth-order valence-corrected chi connectivity index (χ4v) is 3.75. The number of nitrogens with one attached hydrogen (secondary N) is 1. The highest BCUT2D eigenvalue weighted by Crippen LogP contribution is 2.32. The molecule has 0 aliphatic carbocycles. The number of nitrogens with zero attached hydrogens (tertiary/aromatic N) is 1. The van der Waals surface area contributed by atoms with Crippen molar-refractivity contribution in [3.8, 4) is 0 Å². The van der Waals surface area contributed by atoms with Crippen molar-refractivity contribution in [3.05, 3.63) is 11.1 Å². The normalized spacial score (nSPS) is 19.2. The largest absolute Gasteiger partial charge is 0.376 e. The van der Waals surface area contributed by atoms with Gasteiger partial charge in [0, 0.05) is 24.2 Å². The van der Waals surface area contributed by atoms with Crippen LogP contribution in [-0.2, 0) is 14.9 Å². The van der Waals surface area contributed by atoms with Gasteiger partial charge in [-0.05, 0) is 18.3 Å². The van der Waals surface area contributed by atoms with Gasteiger partial charge in [0.15, 0.2) is 4.34 Å². The molecule has 1 N–H and O–H groups in total. The first-order valence-electron chi connectivity index (χ1n) is 6.92. The van der Waals surface area contributed by atoms with Crippen LogP contribution < -0.4 is 5.32 Å². The van der Waals surface area contributed by atoms with Crippen molar-refractivity contribution in [2.45, 2.75) is 49.5 Å². The molecule has 1 atom stereocenters. The fraction of sp³-hybridized carbons (Fsp3) is 0.714. The zero-order valence-electron chi connectivity index (χ0n) is 12.3. The van der Waals surface area contributed by atoms with E-state index < -0.39 is 0 Å². The van der Waals surface area contributed by atoms with Crippen LogP contribution in [0, 0.1) is 0 Å². The predicted octanol–water partition coefficient (Wildman–Crippen LogP) is 2.83. The SMILES string of the molecule is CC(C)(C)c1cnc(SCC(=O)NCC2CCCO2)s1. The lowest BCUT2D eigenvalue weighted by Crippen LogP contribution is -2.32. The van der Waals surface area contributed by atoms with Crippen molar-refractivity contribution >= 4 is 29.0 Å². The summed E-state index contributed by atoms with van der Waals surface area (Å²) in [6.45, 7) is 7.96. The maximum atomic E-state index is 11.8. The molecule has 112 valence electrons. The highest BCUT2D eigenvalue weighted by Gasteiger charge is 2.18. The van der Waals surface area contributed by atoms with E-state index in [-0.39, 0.29) is 17.4 Å². The van der Waals surface area contributed by atoms with E-state index in [0.29, 0.717) is 12.3 Å². The average molecular weight is 314 g/mol. The summed E-state index contributed by atoms with van der Waals surface area (Å²) in [5, 5.41) is 2.92. The second-order valence-electron chi connectivity index (χ2n) is 5.97. The van der Waals surface area contributed by atoms with Crippen molar-refractivity contribution < 1.29 is 9.53 Å². The number of thioether (sulfide) groups is 1. The minimum absolute atomic E-state index is 0.0537. The molecular weight excluding hydrogens is 292 g/mol. The van der Waals surface area contributed by atoms with Crippen molar-refractivity contribution in [1.29, 1.82) is 0 Å². The van der Waals surface area contributed by atoms with Crippen LogP contribution in [0.2, 0.25) is 0 Å². The van der Waals surface area contributed by atoms with Gasteiger partial charge in [0.2, 0.25) is 5.91 Å². The maximum Gasteiger partial charge on any atom is 0.230 e.